The number of carbonyl (C=O) groups is 2. The maximum atomic E-state index is 12.0. The molecule has 1 amide bonds. The summed E-state index contributed by atoms with van der Waals surface area (Å²) in [5.74, 6) is -1.46. The molecule has 0 spiro atoms. The van der Waals surface area contributed by atoms with Gasteiger partial charge in [-0.2, -0.15) is 0 Å². The zero-order chi connectivity index (χ0) is 15.0. The lowest BCUT2D eigenvalue weighted by Crippen LogP contribution is -2.41. The number of para-hydroxylation sites is 1. The number of aliphatic hydroxyl groups excluding tert-OH is 1. The van der Waals surface area contributed by atoms with E-state index in [0.717, 1.165) is 0 Å². The molecule has 1 atom stereocenters. The minimum Gasteiger partial charge on any atom is -0.484 e. The quantitative estimate of drug-likeness (QED) is 0.729. The SMILES string of the molecule is CC(CN(CCO)C(=O)COc1ccccc1)C(=O)O. The van der Waals surface area contributed by atoms with Gasteiger partial charge in [0.1, 0.15) is 5.75 Å². The molecule has 0 aromatic heterocycles. The molecule has 0 saturated heterocycles. The van der Waals surface area contributed by atoms with E-state index in [0.29, 0.717) is 5.75 Å². The summed E-state index contributed by atoms with van der Waals surface area (Å²) in [5.41, 5.74) is 0. The Morgan fingerprint density at radius 2 is 1.95 bits per heavy atom. The van der Waals surface area contributed by atoms with Crippen molar-refractivity contribution >= 4 is 11.9 Å². The van der Waals surface area contributed by atoms with Gasteiger partial charge in [-0.05, 0) is 12.1 Å². The number of hydrogen-bond acceptors (Lipinski definition) is 4. The molecule has 0 fully saturated rings. The van der Waals surface area contributed by atoms with Crippen molar-refractivity contribution < 1.29 is 24.5 Å². The molecule has 110 valence electrons. The van der Waals surface area contributed by atoms with Crippen LogP contribution in [0, 0.1) is 5.92 Å². The molecule has 0 radical (unpaired) electrons. The molecule has 1 rings (SSSR count). The van der Waals surface area contributed by atoms with Crippen molar-refractivity contribution in [2.75, 3.05) is 26.3 Å². The van der Waals surface area contributed by atoms with Crippen LogP contribution in [0.3, 0.4) is 0 Å². The lowest BCUT2D eigenvalue weighted by Gasteiger charge is -2.23. The van der Waals surface area contributed by atoms with Crippen molar-refractivity contribution in [2.45, 2.75) is 6.92 Å². The van der Waals surface area contributed by atoms with Crippen LogP contribution in [0.4, 0.5) is 0 Å². The maximum Gasteiger partial charge on any atom is 0.308 e. The van der Waals surface area contributed by atoms with Crippen LogP contribution in [0.2, 0.25) is 0 Å². The molecule has 0 aliphatic carbocycles. The second-order valence-electron chi connectivity index (χ2n) is 4.40. The Balaban J connectivity index is 2.53. The number of carboxylic acids is 1. The van der Waals surface area contributed by atoms with E-state index in [-0.39, 0.29) is 32.2 Å². The smallest absolute Gasteiger partial charge is 0.308 e. The number of ether oxygens (including phenoxy) is 1. The van der Waals surface area contributed by atoms with Crippen LogP contribution in [-0.4, -0.2) is 53.3 Å². The van der Waals surface area contributed by atoms with Crippen molar-refractivity contribution in [3.8, 4) is 5.75 Å². The van der Waals surface area contributed by atoms with Gasteiger partial charge in [0.2, 0.25) is 0 Å². The van der Waals surface area contributed by atoms with Crippen LogP contribution in [0.5, 0.6) is 5.75 Å². The van der Waals surface area contributed by atoms with Crippen LogP contribution < -0.4 is 4.74 Å². The average Bonchev–Trinajstić information content (AvgIpc) is 2.45. The number of benzene rings is 1. The second kappa shape index (κ2) is 8.16. The molecule has 0 aliphatic rings. The summed E-state index contributed by atoms with van der Waals surface area (Å²) in [6.45, 7) is 1.25. The van der Waals surface area contributed by atoms with Crippen LogP contribution in [-0.2, 0) is 9.59 Å². The molecule has 1 aromatic rings. The minimum atomic E-state index is -0.982. The summed E-state index contributed by atoms with van der Waals surface area (Å²) in [4.78, 5) is 24.1. The Bertz CT molecular complexity index is 434. The normalized spacial score (nSPS) is 11.7. The first-order valence-electron chi connectivity index (χ1n) is 6.34. The van der Waals surface area contributed by atoms with E-state index in [1.807, 2.05) is 6.07 Å². The number of aliphatic carboxylic acids is 1. The van der Waals surface area contributed by atoms with Crippen LogP contribution >= 0.6 is 0 Å². The highest BCUT2D eigenvalue weighted by Crippen LogP contribution is 2.09. The molecular weight excluding hydrogens is 262 g/mol. The molecule has 0 bridgehead atoms. The average molecular weight is 281 g/mol. The van der Waals surface area contributed by atoms with Gasteiger partial charge in [-0.1, -0.05) is 25.1 Å². The summed E-state index contributed by atoms with van der Waals surface area (Å²) in [7, 11) is 0. The topological polar surface area (TPSA) is 87.1 Å². The number of hydrogen-bond donors (Lipinski definition) is 2. The van der Waals surface area contributed by atoms with Gasteiger partial charge in [0.25, 0.3) is 5.91 Å². The third kappa shape index (κ3) is 5.27. The molecule has 2 N–H and O–H groups in total. The number of carbonyl (C=O) groups excluding carboxylic acids is 1. The standard InChI is InChI=1S/C14H19NO5/c1-11(14(18)19)9-15(7-8-16)13(17)10-20-12-5-3-2-4-6-12/h2-6,11,16H,7-10H2,1H3,(H,18,19). The van der Waals surface area contributed by atoms with E-state index in [9.17, 15) is 9.59 Å². The maximum absolute atomic E-state index is 12.0. The number of rotatable bonds is 8. The van der Waals surface area contributed by atoms with Gasteiger partial charge in [-0.3, -0.25) is 9.59 Å². The third-order valence-corrected chi connectivity index (χ3v) is 2.74. The van der Waals surface area contributed by atoms with Gasteiger partial charge < -0.3 is 19.8 Å². The van der Waals surface area contributed by atoms with E-state index in [1.165, 1.54) is 11.8 Å². The van der Waals surface area contributed by atoms with Gasteiger partial charge in [0.15, 0.2) is 6.61 Å². The first kappa shape index (κ1) is 16.0. The van der Waals surface area contributed by atoms with E-state index in [4.69, 9.17) is 14.9 Å². The Morgan fingerprint density at radius 1 is 1.30 bits per heavy atom. The summed E-state index contributed by atoms with van der Waals surface area (Å²) >= 11 is 0. The number of carboxylic acid groups (broad SMARTS) is 1. The molecule has 0 heterocycles. The van der Waals surface area contributed by atoms with Crippen molar-refractivity contribution in [1.29, 1.82) is 0 Å². The minimum absolute atomic E-state index is 0.0485. The Labute approximate surface area is 117 Å². The summed E-state index contributed by atoms with van der Waals surface area (Å²) < 4.78 is 5.32. The van der Waals surface area contributed by atoms with E-state index < -0.39 is 11.9 Å². The number of nitrogens with zero attached hydrogens (tertiary/aromatic N) is 1. The number of aliphatic hydroxyl groups is 1. The summed E-state index contributed by atoms with van der Waals surface area (Å²) in [5, 5.41) is 17.8. The predicted octanol–water partition coefficient (Wildman–Crippen LogP) is 0.607. The second-order valence-corrected chi connectivity index (χ2v) is 4.40. The molecule has 20 heavy (non-hydrogen) atoms. The molecule has 6 nitrogen and oxygen atoms in total. The fourth-order valence-electron chi connectivity index (χ4n) is 1.60. The Kier molecular flexibility index (Phi) is 6.52. The lowest BCUT2D eigenvalue weighted by atomic mass is 10.1. The Hall–Kier alpha value is -2.08. The van der Waals surface area contributed by atoms with Crippen LogP contribution in [0.15, 0.2) is 30.3 Å². The van der Waals surface area contributed by atoms with Crippen molar-refractivity contribution in [3.05, 3.63) is 30.3 Å². The fourth-order valence-corrected chi connectivity index (χ4v) is 1.60. The van der Waals surface area contributed by atoms with Gasteiger partial charge in [-0.25, -0.2) is 0 Å². The van der Waals surface area contributed by atoms with Gasteiger partial charge in [0, 0.05) is 13.1 Å². The summed E-state index contributed by atoms with van der Waals surface area (Å²) in [6.07, 6.45) is 0. The largest absolute Gasteiger partial charge is 0.484 e. The zero-order valence-corrected chi connectivity index (χ0v) is 11.4. The molecule has 0 aliphatic heterocycles. The highest BCUT2D eigenvalue weighted by Gasteiger charge is 2.20. The molecular formula is C14H19NO5. The molecule has 1 aromatic carbocycles. The van der Waals surface area contributed by atoms with Crippen molar-refractivity contribution in [2.24, 2.45) is 5.92 Å². The van der Waals surface area contributed by atoms with E-state index in [2.05, 4.69) is 0 Å². The third-order valence-electron chi connectivity index (χ3n) is 2.74. The van der Waals surface area contributed by atoms with Crippen LogP contribution in [0.1, 0.15) is 6.92 Å². The molecule has 1 unspecified atom stereocenters. The highest BCUT2D eigenvalue weighted by molar-refractivity contribution is 5.78. The Morgan fingerprint density at radius 3 is 2.50 bits per heavy atom. The van der Waals surface area contributed by atoms with Gasteiger partial charge in [-0.15, -0.1) is 0 Å². The van der Waals surface area contributed by atoms with Crippen molar-refractivity contribution in [3.63, 3.8) is 0 Å². The molecule has 0 saturated carbocycles. The first-order valence-corrected chi connectivity index (χ1v) is 6.34. The monoisotopic (exact) mass is 281 g/mol. The zero-order valence-electron chi connectivity index (χ0n) is 11.4. The van der Waals surface area contributed by atoms with Crippen molar-refractivity contribution in [1.82, 2.24) is 4.90 Å². The highest BCUT2D eigenvalue weighted by atomic mass is 16.5. The summed E-state index contributed by atoms with van der Waals surface area (Å²) in [6, 6.07) is 8.87. The fraction of sp³-hybridized carbons (Fsp3) is 0.429. The van der Waals surface area contributed by atoms with Gasteiger partial charge >= 0.3 is 5.97 Å². The number of amides is 1. The van der Waals surface area contributed by atoms with E-state index >= 15 is 0 Å². The molecule has 6 heteroatoms. The first-order chi connectivity index (χ1) is 9.54. The van der Waals surface area contributed by atoms with Gasteiger partial charge in [0.05, 0.1) is 12.5 Å². The predicted molar refractivity (Wildman–Crippen MR) is 72.4 cm³/mol. The van der Waals surface area contributed by atoms with E-state index in [1.54, 1.807) is 24.3 Å². The van der Waals surface area contributed by atoms with Crippen LogP contribution in [0.25, 0.3) is 0 Å². The lowest BCUT2D eigenvalue weighted by molar-refractivity contribution is -0.143.